The van der Waals surface area contributed by atoms with Gasteiger partial charge in [0.2, 0.25) is 0 Å². The lowest BCUT2D eigenvalue weighted by molar-refractivity contribution is -0.233. The predicted molar refractivity (Wildman–Crippen MR) is 92.3 cm³/mol. The Morgan fingerprint density at radius 1 is 1.33 bits per heavy atom. The van der Waals surface area contributed by atoms with Crippen LogP contribution in [0.1, 0.15) is 23.7 Å². The molecule has 0 bridgehead atoms. The van der Waals surface area contributed by atoms with Crippen molar-refractivity contribution in [2.45, 2.75) is 43.6 Å². The van der Waals surface area contributed by atoms with E-state index in [0.717, 1.165) is 0 Å². The zero-order valence-electron chi connectivity index (χ0n) is 14.6. The summed E-state index contributed by atoms with van der Waals surface area (Å²) >= 11 is 3.20. The van der Waals surface area contributed by atoms with Crippen LogP contribution in [0.3, 0.4) is 0 Å². The molecule has 1 aromatic carbocycles. The van der Waals surface area contributed by atoms with E-state index in [1.54, 1.807) is 18.2 Å². The number of esters is 1. The van der Waals surface area contributed by atoms with Gasteiger partial charge in [0.1, 0.15) is 6.10 Å². The van der Waals surface area contributed by atoms with Gasteiger partial charge in [-0.2, -0.15) is 13.2 Å². The van der Waals surface area contributed by atoms with Gasteiger partial charge in [-0.25, -0.2) is 4.79 Å². The minimum Gasteiger partial charge on any atom is -0.453 e. The quantitative estimate of drug-likeness (QED) is 0.548. The summed E-state index contributed by atoms with van der Waals surface area (Å²) in [4.78, 5) is 24.0. The minimum atomic E-state index is -5.08. The molecule has 0 aliphatic carbocycles. The second-order valence-electron chi connectivity index (χ2n) is 6.26. The van der Waals surface area contributed by atoms with E-state index in [-0.39, 0.29) is 17.3 Å². The number of halogens is 4. The van der Waals surface area contributed by atoms with Crippen molar-refractivity contribution in [2.75, 3.05) is 12.4 Å². The van der Waals surface area contributed by atoms with Crippen molar-refractivity contribution in [2.24, 2.45) is 0 Å². The van der Waals surface area contributed by atoms with Crippen molar-refractivity contribution in [3.63, 3.8) is 0 Å². The largest absolute Gasteiger partial charge is 0.471 e. The van der Waals surface area contributed by atoms with Crippen LogP contribution in [0.15, 0.2) is 30.3 Å². The van der Waals surface area contributed by atoms with E-state index in [0.29, 0.717) is 0 Å². The Hall–Kier alpha value is -1.65. The van der Waals surface area contributed by atoms with E-state index in [1.807, 2.05) is 5.32 Å². The zero-order chi connectivity index (χ0) is 20.2. The molecule has 1 heterocycles. The standard InChI is InChI=1S/C17H19BrF3NO5/c1-16(22-15(24)17(19,20)21)8-12(25-2)26-11(9-18)13(16)27-14(23)10-6-4-3-5-7-10/h3-7,11-13H,8-9H2,1-2H3,(H,22,24)/t11-,12+,13-,16+/m1/s1. The maximum atomic E-state index is 12.8. The van der Waals surface area contributed by atoms with E-state index in [1.165, 1.54) is 26.2 Å². The molecule has 4 atom stereocenters. The number of carbonyl (C=O) groups is 2. The third kappa shape index (κ3) is 5.20. The Morgan fingerprint density at radius 3 is 2.48 bits per heavy atom. The smallest absolute Gasteiger partial charge is 0.453 e. The molecule has 2 rings (SSSR count). The molecule has 10 heteroatoms. The molecule has 1 aliphatic heterocycles. The average molecular weight is 454 g/mol. The summed E-state index contributed by atoms with van der Waals surface area (Å²) in [7, 11) is 1.33. The molecule has 6 nitrogen and oxygen atoms in total. The SMILES string of the molecule is CO[C@@H]1C[C@](C)(NC(=O)C(F)(F)F)[C@H](OC(=O)c2ccccc2)[C@@H](CBr)O1. The molecule has 1 saturated heterocycles. The van der Waals surface area contributed by atoms with E-state index < -0.39 is 42.1 Å². The number of hydrogen-bond acceptors (Lipinski definition) is 5. The molecular formula is C17H19BrF3NO5. The molecule has 0 unspecified atom stereocenters. The van der Waals surface area contributed by atoms with Gasteiger partial charge in [0.25, 0.3) is 0 Å². The van der Waals surface area contributed by atoms with Crippen LogP contribution in [0.4, 0.5) is 13.2 Å². The molecule has 0 aromatic heterocycles. The summed E-state index contributed by atoms with van der Waals surface area (Å²) in [6.07, 6.45) is -8.11. The first-order valence-corrected chi connectivity index (χ1v) is 9.12. The maximum Gasteiger partial charge on any atom is 0.471 e. The molecule has 0 radical (unpaired) electrons. The van der Waals surface area contributed by atoms with Gasteiger partial charge in [0.15, 0.2) is 12.4 Å². The van der Waals surface area contributed by atoms with Crippen molar-refractivity contribution >= 4 is 27.8 Å². The van der Waals surface area contributed by atoms with Gasteiger partial charge in [-0.15, -0.1) is 0 Å². The number of ether oxygens (including phenoxy) is 3. The average Bonchev–Trinajstić information content (AvgIpc) is 2.62. The van der Waals surface area contributed by atoms with Crippen LogP contribution < -0.4 is 5.32 Å². The van der Waals surface area contributed by atoms with Crippen LogP contribution >= 0.6 is 15.9 Å². The second kappa shape index (κ2) is 8.57. The Bertz CT molecular complexity index is 672. The summed E-state index contributed by atoms with van der Waals surface area (Å²) < 4.78 is 54.6. The molecule has 1 amide bonds. The van der Waals surface area contributed by atoms with Gasteiger partial charge in [0.05, 0.1) is 11.1 Å². The summed E-state index contributed by atoms with van der Waals surface area (Å²) in [5.74, 6) is -2.87. The fourth-order valence-electron chi connectivity index (χ4n) is 2.86. The molecule has 1 fully saturated rings. The fraction of sp³-hybridized carbons (Fsp3) is 0.529. The monoisotopic (exact) mass is 453 g/mol. The van der Waals surface area contributed by atoms with E-state index >= 15 is 0 Å². The van der Waals surface area contributed by atoms with Gasteiger partial charge >= 0.3 is 18.1 Å². The topological polar surface area (TPSA) is 73.9 Å². The third-order valence-electron chi connectivity index (χ3n) is 4.20. The maximum absolute atomic E-state index is 12.8. The zero-order valence-corrected chi connectivity index (χ0v) is 16.2. The van der Waals surface area contributed by atoms with Crippen molar-refractivity contribution in [1.82, 2.24) is 5.32 Å². The molecule has 0 saturated carbocycles. The van der Waals surface area contributed by atoms with Gasteiger partial charge < -0.3 is 19.5 Å². The molecule has 1 aromatic rings. The van der Waals surface area contributed by atoms with Crippen LogP contribution in [0.2, 0.25) is 0 Å². The first kappa shape index (κ1) is 21.6. The number of hydrogen-bond donors (Lipinski definition) is 1. The number of nitrogens with one attached hydrogen (secondary N) is 1. The lowest BCUT2D eigenvalue weighted by Gasteiger charge is -2.47. The van der Waals surface area contributed by atoms with Gasteiger partial charge in [-0.1, -0.05) is 34.1 Å². The minimum absolute atomic E-state index is 0.137. The van der Waals surface area contributed by atoms with E-state index in [9.17, 15) is 22.8 Å². The van der Waals surface area contributed by atoms with Gasteiger partial charge in [-0.05, 0) is 19.1 Å². The van der Waals surface area contributed by atoms with E-state index in [4.69, 9.17) is 14.2 Å². The number of methoxy groups -OCH3 is 1. The highest BCUT2D eigenvalue weighted by atomic mass is 79.9. The normalized spacial score (nSPS) is 28.4. The third-order valence-corrected chi connectivity index (χ3v) is 4.84. The van der Waals surface area contributed by atoms with Crippen molar-refractivity contribution in [3.05, 3.63) is 35.9 Å². The highest BCUT2D eigenvalue weighted by Crippen LogP contribution is 2.34. The molecule has 1 aliphatic rings. The lowest BCUT2D eigenvalue weighted by Crippen LogP contribution is -2.67. The van der Waals surface area contributed by atoms with Gasteiger partial charge in [0, 0.05) is 18.9 Å². The van der Waals surface area contributed by atoms with Crippen LogP contribution in [0, 0.1) is 0 Å². The van der Waals surface area contributed by atoms with E-state index in [2.05, 4.69) is 15.9 Å². The fourth-order valence-corrected chi connectivity index (χ4v) is 3.35. The van der Waals surface area contributed by atoms with Crippen molar-refractivity contribution in [3.8, 4) is 0 Å². The number of alkyl halides is 4. The first-order valence-electron chi connectivity index (χ1n) is 8.00. The first-order chi connectivity index (χ1) is 12.6. The molecular weight excluding hydrogens is 435 g/mol. The highest BCUT2D eigenvalue weighted by molar-refractivity contribution is 9.09. The second-order valence-corrected chi connectivity index (χ2v) is 6.91. The summed E-state index contributed by atoms with van der Waals surface area (Å²) in [5, 5.41) is 2.10. The van der Waals surface area contributed by atoms with Crippen LogP contribution in [0.5, 0.6) is 0 Å². The van der Waals surface area contributed by atoms with Crippen LogP contribution in [-0.2, 0) is 19.0 Å². The molecule has 1 N–H and O–H groups in total. The van der Waals surface area contributed by atoms with Crippen molar-refractivity contribution in [1.29, 1.82) is 0 Å². The van der Waals surface area contributed by atoms with Crippen LogP contribution in [0.25, 0.3) is 0 Å². The summed E-state index contributed by atoms with van der Waals surface area (Å²) in [5.41, 5.74) is -1.34. The van der Waals surface area contributed by atoms with Gasteiger partial charge in [-0.3, -0.25) is 4.79 Å². The van der Waals surface area contributed by atoms with Crippen molar-refractivity contribution < 1.29 is 37.0 Å². The Morgan fingerprint density at radius 2 is 1.96 bits per heavy atom. The Balaban J connectivity index is 2.32. The van der Waals surface area contributed by atoms with Crippen LogP contribution in [-0.4, -0.2) is 54.5 Å². The Kier molecular flexibility index (Phi) is 6.87. The highest BCUT2D eigenvalue weighted by Gasteiger charge is 2.53. The summed E-state index contributed by atoms with van der Waals surface area (Å²) in [6.45, 7) is 1.36. The lowest BCUT2D eigenvalue weighted by atomic mass is 9.84. The molecule has 27 heavy (non-hydrogen) atoms. The number of amides is 1. The number of benzene rings is 1. The molecule has 0 spiro atoms. The summed E-state index contributed by atoms with van der Waals surface area (Å²) in [6, 6.07) is 7.99. The predicted octanol–water partition coefficient (Wildman–Crippen LogP) is 2.81. The number of carbonyl (C=O) groups excluding carboxylic acids is 2. The Labute approximate surface area is 162 Å². The number of rotatable bonds is 5. The molecule has 150 valence electrons.